The molecule has 0 bridgehead atoms. The van der Waals surface area contributed by atoms with Gasteiger partial charge in [-0.3, -0.25) is 0 Å². The molecule has 1 saturated carbocycles. The first-order valence-corrected chi connectivity index (χ1v) is 9.63. The molecule has 0 heterocycles. The number of rotatable bonds is 6. The van der Waals surface area contributed by atoms with Crippen molar-refractivity contribution in [3.63, 3.8) is 0 Å². The zero-order valence-electron chi connectivity index (χ0n) is 15.3. The van der Waals surface area contributed by atoms with Crippen molar-refractivity contribution in [2.45, 2.75) is 58.8 Å². The lowest BCUT2D eigenvalue weighted by atomic mass is 9.86. The van der Waals surface area contributed by atoms with Crippen LogP contribution in [0.15, 0.2) is 48.5 Å². The van der Waals surface area contributed by atoms with E-state index < -0.39 is 0 Å². The second kappa shape index (κ2) is 8.37. The monoisotopic (exact) mass is 321 g/mol. The van der Waals surface area contributed by atoms with Crippen LogP contribution in [-0.4, -0.2) is 6.54 Å². The lowest BCUT2D eigenvalue weighted by molar-refractivity contribution is 0.334. The Bertz CT molecular complexity index is 560. The van der Waals surface area contributed by atoms with Crippen LogP contribution in [0.25, 0.3) is 0 Å². The Morgan fingerprint density at radius 2 is 1.25 bits per heavy atom. The van der Waals surface area contributed by atoms with Crippen molar-refractivity contribution in [3.8, 4) is 0 Å². The van der Waals surface area contributed by atoms with Gasteiger partial charge >= 0.3 is 0 Å². The molecular weight excluding hydrogens is 290 g/mol. The quantitative estimate of drug-likeness (QED) is 0.565. The standard InChI is InChI=1S/C23H31N/c1-19-10-14-22(15-11-19)24(23-16-12-20(2)13-17-23)18-6-9-21-7-4-3-5-8-21/h10-17,21H,3-9,18H2,1-2H3. The average Bonchev–Trinajstić information content (AvgIpc) is 2.62. The van der Waals surface area contributed by atoms with E-state index in [1.807, 2.05) is 0 Å². The van der Waals surface area contributed by atoms with Gasteiger partial charge in [0.1, 0.15) is 0 Å². The van der Waals surface area contributed by atoms with Crippen LogP contribution in [0.5, 0.6) is 0 Å². The molecule has 0 N–H and O–H groups in total. The van der Waals surface area contributed by atoms with Gasteiger partial charge in [0.25, 0.3) is 0 Å². The van der Waals surface area contributed by atoms with Crippen molar-refractivity contribution >= 4 is 11.4 Å². The smallest absolute Gasteiger partial charge is 0.0410 e. The fraction of sp³-hybridized carbons (Fsp3) is 0.478. The van der Waals surface area contributed by atoms with Crippen LogP contribution in [0.1, 0.15) is 56.1 Å². The molecule has 1 heteroatoms. The molecule has 0 atom stereocenters. The Balaban J connectivity index is 1.69. The Hall–Kier alpha value is -1.76. The number of anilines is 2. The van der Waals surface area contributed by atoms with E-state index in [0.29, 0.717) is 0 Å². The fourth-order valence-corrected chi connectivity index (χ4v) is 3.87. The van der Waals surface area contributed by atoms with Gasteiger partial charge in [0.2, 0.25) is 0 Å². The Morgan fingerprint density at radius 1 is 0.750 bits per heavy atom. The first kappa shape index (κ1) is 17.1. The highest BCUT2D eigenvalue weighted by Gasteiger charge is 2.15. The summed E-state index contributed by atoms with van der Waals surface area (Å²) in [6.45, 7) is 5.43. The molecule has 1 aliphatic carbocycles. The zero-order chi connectivity index (χ0) is 16.8. The Morgan fingerprint density at radius 3 is 1.75 bits per heavy atom. The molecule has 0 radical (unpaired) electrons. The summed E-state index contributed by atoms with van der Waals surface area (Å²) in [5.74, 6) is 0.969. The predicted molar refractivity (Wildman–Crippen MR) is 105 cm³/mol. The fourth-order valence-electron chi connectivity index (χ4n) is 3.87. The van der Waals surface area contributed by atoms with Gasteiger partial charge in [0.15, 0.2) is 0 Å². The highest BCUT2D eigenvalue weighted by Crippen LogP contribution is 2.30. The molecule has 0 amide bonds. The van der Waals surface area contributed by atoms with Gasteiger partial charge in [-0.05, 0) is 56.9 Å². The van der Waals surface area contributed by atoms with Crippen LogP contribution < -0.4 is 4.90 Å². The lowest BCUT2D eigenvalue weighted by Gasteiger charge is -2.27. The third-order valence-corrected chi connectivity index (χ3v) is 5.41. The Kier molecular flexibility index (Phi) is 5.96. The summed E-state index contributed by atoms with van der Waals surface area (Å²) in [5, 5.41) is 0. The second-order valence-electron chi connectivity index (χ2n) is 7.47. The summed E-state index contributed by atoms with van der Waals surface area (Å²) < 4.78 is 0. The molecule has 0 aromatic heterocycles. The molecule has 1 fully saturated rings. The molecular formula is C23H31N. The van der Waals surface area contributed by atoms with E-state index in [0.717, 1.165) is 12.5 Å². The maximum absolute atomic E-state index is 2.49. The summed E-state index contributed by atoms with van der Waals surface area (Å²) in [6, 6.07) is 17.9. The normalized spacial score (nSPS) is 15.4. The minimum atomic E-state index is 0.969. The molecule has 3 rings (SSSR count). The van der Waals surface area contributed by atoms with Gasteiger partial charge in [0.05, 0.1) is 0 Å². The van der Waals surface area contributed by atoms with Gasteiger partial charge in [-0.1, -0.05) is 67.5 Å². The zero-order valence-corrected chi connectivity index (χ0v) is 15.3. The number of benzene rings is 2. The SMILES string of the molecule is Cc1ccc(N(CCCC2CCCCC2)c2ccc(C)cc2)cc1. The van der Waals surface area contributed by atoms with E-state index in [1.54, 1.807) is 0 Å². The number of aryl methyl sites for hydroxylation is 2. The molecule has 2 aromatic carbocycles. The largest absolute Gasteiger partial charge is 0.341 e. The van der Waals surface area contributed by atoms with Crippen LogP contribution >= 0.6 is 0 Å². The van der Waals surface area contributed by atoms with Crippen LogP contribution in [0.3, 0.4) is 0 Å². The molecule has 2 aromatic rings. The summed E-state index contributed by atoms with van der Waals surface area (Å²) in [4.78, 5) is 2.49. The van der Waals surface area contributed by atoms with Gasteiger partial charge in [0, 0.05) is 17.9 Å². The van der Waals surface area contributed by atoms with E-state index in [2.05, 4.69) is 67.3 Å². The molecule has 0 aliphatic heterocycles. The highest BCUT2D eigenvalue weighted by molar-refractivity contribution is 5.63. The van der Waals surface area contributed by atoms with E-state index >= 15 is 0 Å². The number of hydrogen-bond donors (Lipinski definition) is 0. The first-order chi connectivity index (χ1) is 11.7. The summed E-state index contributed by atoms with van der Waals surface area (Å²) in [7, 11) is 0. The van der Waals surface area contributed by atoms with Gasteiger partial charge < -0.3 is 4.90 Å². The van der Waals surface area contributed by atoms with Crippen molar-refractivity contribution in [2.75, 3.05) is 11.4 Å². The Labute approximate surface area is 147 Å². The number of nitrogens with zero attached hydrogens (tertiary/aromatic N) is 1. The molecule has 1 nitrogen and oxygen atoms in total. The minimum absolute atomic E-state index is 0.969. The van der Waals surface area contributed by atoms with Gasteiger partial charge in [-0.15, -0.1) is 0 Å². The third kappa shape index (κ3) is 4.63. The van der Waals surface area contributed by atoms with Crippen LogP contribution in [0.2, 0.25) is 0 Å². The molecule has 1 aliphatic rings. The van der Waals surface area contributed by atoms with Crippen LogP contribution in [-0.2, 0) is 0 Å². The minimum Gasteiger partial charge on any atom is -0.341 e. The van der Waals surface area contributed by atoms with Crippen molar-refractivity contribution in [2.24, 2.45) is 5.92 Å². The van der Waals surface area contributed by atoms with E-state index in [4.69, 9.17) is 0 Å². The van der Waals surface area contributed by atoms with Crippen molar-refractivity contribution < 1.29 is 0 Å². The maximum atomic E-state index is 2.49. The highest BCUT2D eigenvalue weighted by atomic mass is 15.1. The van der Waals surface area contributed by atoms with Crippen LogP contribution in [0, 0.1) is 19.8 Å². The molecule has 24 heavy (non-hydrogen) atoms. The number of hydrogen-bond acceptors (Lipinski definition) is 1. The van der Waals surface area contributed by atoms with E-state index in [-0.39, 0.29) is 0 Å². The van der Waals surface area contributed by atoms with Crippen LogP contribution in [0.4, 0.5) is 11.4 Å². The van der Waals surface area contributed by atoms with Gasteiger partial charge in [-0.2, -0.15) is 0 Å². The predicted octanol–water partition coefficient (Wildman–Crippen LogP) is 6.80. The van der Waals surface area contributed by atoms with Crippen molar-refractivity contribution in [1.29, 1.82) is 0 Å². The maximum Gasteiger partial charge on any atom is 0.0410 e. The molecule has 0 spiro atoms. The van der Waals surface area contributed by atoms with Gasteiger partial charge in [-0.25, -0.2) is 0 Å². The lowest BCUT2D eigenvalue weighted by Crippen LogP contribution is -2.19. The second-order valence-corrected chi connectivity index (χ2v) is 7.47. The topological polar surface area (TPSA) is 3.24 Å². The molecule has 0 saturated heterocycles. The first-order valence-electron chi connectivity index (χ1n) is 9.63. The average molecular weight is 322 g/mol. The molecule has 128 valence electrons. The van der Waals surface area contributed by atoms with E-state index in [9.17, 15) is 0 Å². The third-order valence-electron chi connectivity index (χ3n) is 5.41. The summed E-state index contributed by atoms with van der Waals surface area (Å²) in [5.41, 5.74) is 5.27. The van der Waals surface area contributed by atoms with Crippen molar-refractivity contribution in [1.82, 2.24) is 0 Å². The van der Waals surface area contributed by atoms with Crippen molar-refractivity contribution in [3.05, 3.63) is 59.7 Å². The summed E-state index contributed by atoms with van der Waals surface area (Å²) >= 11 is 0. The van der Waals surface area contributed by atoms with E-state index in [1.165, 1.54) is 67.4 Å². The summed E-state index contributed by atoms with van der Waals surface area (Å²) in [6.07, 6.45) is 9.93. The molecule has 0 unspecified atom stereocenters.